The minimum absolute atomic E-state index is 0.604. The standard InChI is InChI=1S/C19H21ClN4O/c1-24(2)9-8-21-19-22-12-16-15(14-6-4-5-7-17(14)20)10-13(25-3)11-18(16)23-19/h4-7,10-12H,8-9H2,1-3H3,(H,21,22,23). The van der Waals surface area contributed by atoms with E-state index in [0.29, 0.717) is 11.0 Å². The Balaban J connectivity index is 2.04. The van der Waals surface area contributed by atoms with Crippen LogP contribution in [-0.4, -0.2) is 49.2 Å². The minimum Gasteiger partial charge on any atom is -0.497 e. The second-order valence-electron chi connectivity index (χ2n) is 6.01. The molecule has 0 amide bonds. The molecule has 130 valence electrons. The Labute approximate surface area is 152 Å². The molecule has 0 spiro atoms. The molecule has 6 heteroatoms. The van der Waals surface area contributed by atoms with Gasteiger partial charge < -0.3 is 15.0 Å². The van der Waals surface area contributed by atoms with Crippen molar-refractivity contribution >= 4 is 28.5 Å². The number of halogens is 1. The Morgan fingerprint density at radius 3 is 2.68 bits per heavy atom. The van der Waals surface area contributed by atoms with Gasteiger partial charge in [-0.05, 0) is 31.8 Å². The highest BCUT2D eigenvalue weighted by atomic mass is 35.5. The van der Waals surface area contributed by atoms with Crippen LogP contribution in [0.3, 0.4) is 0 Å². The molecule has 3 aromatic rings. The second-order valence-corrected chi connectivity index (χ2v) is 6.42. The summed E-state index contributed by atoms with van der Waals surface area (Å²) in [4.78, 5) is 11.2. The number of methoxy groups -OCH3 is 1. The van der Waals surface area contributed by atoms with E-state index in [2.05, 4.69) is 20.2 Å². The normalized spacial score (nSPS) is 11.1. The number of nitrogens with one attached hydrogen (secondary N) is 1. The summed E-state index contributed by atoms with van der Waals surface area (Å²) >= 11 is 6.39. The van der Waals surface area contributed by atoms with Crippen LogP contribution in [-0.2, 0) is 0 Å². The zero-order valence-electron chi connectivity index (χ0n) is 14.6. The lowest BCUT2D eigenvalue weighted by atomic mass is 10.0. The molecule has 0 aliphatic rings. The molecule has 3 rings (SSSR count). The average molecular weight is 357 g/mol. The van der Waals surface area contributed by atoms with Crippen LogP contribution >= 0.6 is 11.6 Å². The Morgan fingerprint density at radius 2 is 1.96 bits per heavy atom. The van der Waals surface area contributed by atoms with Crippen molar-refractivity contribution in [1.82, 2.24) is 14.9 Å². The van der Waals surface area contributed by atoms with Crippen LogP contribution in [0.1, 0.15) is 0 Å². The van der Waals surface area contributed by atoms with Gasteiger partial charge in [0.15, 0.2) is 0 Å². The predicted molar refractivity (Wildman–Crippen MR) is 104 cm³/mol. The number of aromatic nitrogens is 2. The molecular formula is C19H21ClN4O. The summed E-state index contributed by atoms with van der Waals surface area (Å²) in [5, 5.41) is 4.87. The third-order valence-electron chi connectivity index (χ3n) is 3.92. The van der Waals surface area contributed by atoms with Gasteiger partial charge in [-0.1, -0.05) is 29.8 Å². The van der Waals surface area contributed by atoms with E-state index in [-0.39, 0.29) is 0 Å². The zero-order valence-corrected chi connectivity index (χ0v) is 15.3. The fourth-order valence-electron chi connectivity index (χ4n) is 2.61. The Morgan fingerprint density at radius 1 is 1.16 bits per heavy atom. The smallest absolute Gasteiger partial charge is 0.223 e. The van der Waals surface area contributed by atoms with Crippen LogP contribution < -0.4 is 10.1 Å². The van der Waals surface area contributed by atoms with Gasteiger partial charge in [0.05, 0.1) is 12.6 Å². The maximum absolute atomic E-state index is 6.39. The number of fused-ring (bicyclic) bond motifs is 1. The van der Waals surface area contributed by atoms with E-state index in [4.69, 9.17) is 16.3 Å². The maximum atomic E-state index is 6.39. The summed E-state index contributed by atoms with van der Waals surface area (Å²) in [5.74, 6) is 1.34. The first kappa shape index (κ1) is 17.5. The third-order valence-corrected chi connectivity index (χ3v) is 4.25. The molecule has 1 N–H and O–H groups in total. The largest absolute Gasteiger partial charge is 0.497 e. The first-order valence-corrected chi connectivity index (χ1v) is 8.44. The van der Waals surface area contributed by atoms with Crippen molar-refractivity contribution in [3.8, 4) is 16.9 Å². The molecular weight excluding hydrogens is 336 g/mol. The minimum atomic E-state index is 0.604. The summed E-state index contributed by atoms with van der Waals surface area (Å²) in [7, 11) is 5.71. The van der Waals surface area contributed by atoms with Crippen molar-refractivity contribution < 1.29 is 4.74 Å². The molecule has 0 unspecified atom stereocenters. The lowest BCUT2D eigenvalue weighted by molar-refractivity contribution is 0.415. The number of likely N-dealkylation sites (N-methyl/N-ethyl adjacent to an activating group) is 1. The van der Waals surface area contributed by atoms with E-state index in [1.807, 2.05) is 56.7 Å². The number of ether oxygens (including phenoxy) is 1. The van der Waals surface area contributed by atoms with E-state index in [9.17, 15) is 0 Å². The van der Waals surface area contributed by atoms with Gasteiger partial charge in [-0.2, -0.15) is 0 Å². The van der Waals surface area contributed by atoms with E-state index in [0.717, 1.165) is 40.9 Å². The Hall–Kier alpha value is -2.37. The maximum Gasteiger partial charge on any atom is 0.223 e. The van der Waals surface area contributed by atoms with Gasteiger partial charge >= 0.3 is 0 Å². The van der Waals surface area contributed by atoms with E-state index in [1.54, 1.807) is 7.11 Å². The van der Waals surface area contributed by atoms with E-state index >= 15 is 0 Å². The summed E-state index contributed by atoms with van der Waals surface area (Å²) in [5.41, 5.74) is 2.71. The number of hydrogen-bond acceptors (Lipinski definition) is 5. The van der Waals surface area contributed by atoms with Crippen molar-refractivity contribution in [1.29, 1.82) is 0 Å². The molecule has 1 heterocycles. The molecule has 25 heavy (non-hydrogen) atoms. The highest BCUT2D eigenvalue weighted by Gasteiger charge is 2.12. The molecule has 0 aliphatic heterocycles. The van der Waals surface area contributed by atoms with Gasteiger partial charge in [0.25, 0.3) is 0 Å². The molecule has 0 saturated heterocycles. The van der Waals surface area contributed by atoms with Crippen LogP contribution in [0.15, 0.2) is 42.6 Å². The van der Waals surface area contributed by atoms with Gasteiger partial charge in [0.1, 0.15) is 5.75 Å². The number of nitrogens with zero attached hydrogens (tertiary/aromatic N) is 3. The van der Waals surface area contributed by atoms with E-state index < -0.39 is 0 Å². The lowest BCUT2D eigenvalue weighted by Crippen LogP contribution is -2.21. The molecule has 0 radical (unpaired) electrons. The van der Waals surface area contributed by atoms with Crippen molar-refractivity contribution in [2.75, 3.05) is 39.6 Å². The van der Waals surface area contributed by atoms with E-state index in [1.165, 1.54) is 0 Å². The SMILES string of the molecule is COc1cc(-c2ccccc2Cl)c2cnc(NCCN(C)C)nc2c1. The van der Waals surface area contributed by atoms with Gasteiger partial charge in [-0.25, -0.2) is 9.97 Å². The van der Waals surface area contributed by atoms with Gasteiger partial charge in [0, 0.05) is 41.3 Å². The number of anilines is 1. The summed E-state index contributed by atoms with van der Waals surface area (Å²) in [6.07, 6.45) is 1.83. The third kappa shape index (κ3) is 4.00. The molecule has 0 saturated carbocycles. The van der Waals surface area contributed by atoms with Crippen molar-refractivity contribution in [2.24, 2.45) is 0 Å². The Kier molecular flexibility index (Phi) is 5.36. The quantitative estimate of drug-likeness (QED) is 0.725. The van der Waals surface area contributed by atoms with Crippen LogP contribution in [0.4, 0.5) is 5.95 Å². The van der Waals surface area contributed by atoms with Gasteiger partial charge in [0.2, 0.25) is 5.95 Å². The molecule has 2 aromatic carbocycles. The second kappa shape index (κ2) is 7.68. The molecule has 0 bridgehead atoms. The van der Waals surface area contributed by atoms with Gasteiger partial charge in [-0.3, -0.25) is 0 Å². The topological polar surface area (TPSA) is 50.3 Å². The number of rotatable bonds is 6. The molecule has 0 aliphatic carbocycles. The zero-order chi connectivity index (χ0) is 17.8. The number of benzene rings is 2. The molecule has 5 nitrogen and oxygen atoms in total. The molecule has 0 atom stereocenters. The van der Waals surface area contributed by atoms with Crippen molar-refractivity contribution in [3.63, 3.8) is 0 Å². The fraction of sp³-hybridized carbons (Fsp3) is 0.263. The summed E-state index contributed by atoms with van der Waals surface area (Å²) < 4.78 is 5.45. The predicted octanol–water partition coefficient (Wildman–Crippen LogP) is 3.93. The summed E-state index contributed by atoms with van der Waals surface area (Å²) in [6.45, 7) is 1.68. The van der Waals surface area contributed by atoms with Crippen LogP contribution in [0.2, 0.25) is 5.02 Å². The van der Waals surface area contributed by atoms with Crippen molar-refractivity contribution in [3.05, 3.63) is 47.6 Å². The first-order valence-electron chi connectivity index (χ1n) is 8.07. The highest BCUT2D eigenvalue weighted by molar-refractivity contribution is 6.33. The first-order chi connectivity index (χ1) is 12.1. The average Bonchev–Trinajstić information content (AvgIpc) is 2.60. The summed E-state index contributed by atoms with van der Waals surface area (Å²) in [6, 6.07) is 11.6. The highest BCUT2D eigenvalue weighted by Crippen LogP contribution is 2.35. The van der Waals surface area contributed by atoms with Crippen molar-refractivity contribution in [2.45, 2.75) is 0 Å². The van der Waals surface area contributed by atoms with Crippen LogP contribution in [0, 0.1) is 0 Å². The lowest BCUT2D eigenvalue weighted by Gasteiger charge is -2.13. The van der Waals surface area contributed by atoms with Gasteiger partial charge in [-0.15, -0.1) is 0 Å². The number of hydrogen-bond donors (Lipinski definition) is 1. The Bertz CT molecular complexity index is 882. The fourth-order valence-corrected chi connectivity index (χ4v) is 2.84. The molecule has 1 aromatic heterocycles. The van der Waals surface area contributed by atoms with Crippen LogP contribution in [0.25, 0.3) is 22.0 Å². The van der Waals surface area contributed by atoms with Crippen LogP contribution in [0.5, 0.6) is 5.75 Å². The monoisotopic (exact) mass is 356 g/mol. The molecule has 0 fully saturated rings.